The summed E-state index contributed by atoms with van der Waals surface area (Å²) in [6.07, 6.45) is -4.77. The zero-order valence-corrected chi connectivity index (χ0v) is 35.6. The van der Waals surface area contributed by atoms with Gasteiger partial charge in [-0.1, -0.05) is 176 Å². The average Bonchev–Trinajstić information content (AvgIpc) is 3.70. The lowest BCUT2D eigenvalue weighted by Gasteiger charge is -2.22. The maximum atomic E-state index is 15.7. The van der Waals surface area contributed by atoms with E-state index < -0.39 is 11.7 Å². The van der Waals surface area contributed by atoms with Gasteiger partial charge in [-0.15, -0.1) is 0 Å². The molecule has 66 heavy (non-hydrogen) atoms. The molecule has 0 atom stereocenters. The maximum Gasteiger partial charge on any atom is 0.416 e. The molecule has 0 aliphatic carbocycles. The van der Waals surface area contributed by atoms with Gasteiger partial charge in [0.05, 0.1) is 45.1 Å². The van der Waals surface area contributed by atoms with Crippen molar-refractivity contribution in [3.05, 3.63) is 223 Å². The molecule has 0 bridgehead atoms. The van der Waals surface area contributed by atoms with Crippen LogP contribution >= 0.6 is 0 Å². The van der Waals surface area contributed by atoms with Crippen molar-refractivity contribution in [2.24, 2.45) is 0 Å². The van der Waals surface area contributed by atoms with Crippen LogP contribution in [0, 0.1) is 6.92 Å². The van der Waals surface area contributed by atoms with E-state index in [1.165, 1.54) is 12.1 Å². The molecule has 8 heteroatoms. The first kappa shape index (κ1) is 40.3. The first-order valence-corrected chi connectivity index (χ1v) is 21.6. The second kappa shape index (κ2) is 16.6. The van der Waals surface area contributed by atoms with E-state index in [2.05, 4.69) is 47.9 Å². The van der Waals surface area contributed by atoms with Crippen molar-refractivity contribution in [3.8, 4) is 84.6 Å². The highest BCUT2D eigenvalue weighted by Gasteiger charge is 2.35. The van der Waals surface area contributed by atoms with Crippen LogP contribution in [0.4, 0.5) is 13.2 Å². The van der Waals surface area contributed by atoms with Gasteiger partial charge in [0, 0.05) is 44.2 Å². The molecule has 0 aliphatic heterocycles. The van der Waals surface area contributed by atoms with E-state index in [0.29, 0.717) is 34.3 Å². The largest absolute Gasteiger partial charge is 0.416 e. The summed E-state index contributed by atoms with van der Waals surface area (Å²) < 4.78 is 49.3. The summed E-state index contributed by atoms with van der Waals surface area (Å²) in [4.78, 5) is 20.5. The summed E-state index contributed by atoms with van der Waals surface area (Å²) in [6.45, 7) is 2.08. The Morgan fingerprint density at radius 1 is 0.364 bits per heavy atom. The van der Waals surface area contributed by atoms with Crippen molar-refractivity contribution in [1.82, 2.24) is 24.5 Å². The molecule has 3 heterocycles. The number of benzene rings is 8. The Labute approximate surface area is 379 Å². The third kappa shape index (κ3) is 7.48. The molecular formula is C58H38F3N5. The summed E-state index contributed by atoms with van der Waals surface area (Å²) in [7, 11) is 0. The van der Waals surface area contributed by atoms with Gasteiger partial charge in [0.25, 0.3) is 0 Å². The number of fused-ring (bicyclic) bond motifs is 3. The van der Waals surface area contributed by atoms with Crippen LogP contribution in [0.25, 0.3) is 106 Å². The second-order valence-corrected chi connectivity index (χ2v) is 16.2. The Balaban J connectivity index is 1.32. The van der Waals surface area contributed by atoms with Crippen LogP contribution in [0.15, 0.2) is 212 Å². The molecular weight excluding hydrogens is 824 g/mol. The van der Waals surface area contributed by atoms with E-state index in [1.807, 2.05) is 158 Å². The minimum Gasteiger partial charge on any atom is -0.308 e. The maximum absolute atomic E-state index is 15.7. The van der Waals surface area contributed by atoms with E-state index in [4.69, 9.17) is 19.9 Å². The van der Waals surface area contributed by atoms with E-state index in [9.17, 15) is 0 Å². The number of aryl methyl sites for hydroxylation is 1. The molecule has 5 nitrogen and oxygen atoms in total. The molecule has 0 spiro atoms. The molecule has 0 saturated heterocycles. The van der Waals surface area contributed by atoms with Crippen LogP contribution in [0.1, 0.15) is 11.1 Å². The molecule has 0 amide bonds. The van der Waals surface area contributed by atoms with Gasteiger partial charge in [0.2, 0.25) is 0 Å². The molecule has 11 rings (SSSR count). The highest BCUT2D eigenvalue weighted by Crippen LogP contribution is 2.46. The number of hydrogen-bond donors (Lipinski definition) is 0. The van der Waals surface area contributed by atoms with Crippen molar-refractivity contribution in [2.45, 2.75) is 13.1 Å². The molecule has 316 valence electrons. The van der Waals surface area contributed by atoms with Gasteiger partial charge in [-0.05, 0) is 60.0 Å². The summed E-state index contributed by atoms with van der Waals surface area (Å²) in [5, 5.41) is 1.86. The first-order chi connectivity index (χ1) is 32.3. The second-order valence-electron chi connectivity index (χ2n) is 16.2. The van der Waals surface area contributed by atoms with Crippen LogP contribution < -0.4 is 0 Å². The first-order valence-electron chi connectivity index (χ1n) is 21.6. The molecule has 0 fully saturated rings. The Kier molecular flexibility index (Phi) is 10.1. The normalized spacial score (nSPS) is 11.6. The lowest BCUT2D eigenvalue weighted by atomic mass is 9.96. The predicted molar refractivity (Wildman–Crippen MR) is 260 cm³/mol. The fourth-order valence-corrected chi connectivity index (χ4v) is 8.82. The molecule has 0 N–H and O–H groups in total. The third-order valence-corrected chi connectivity index (χ3v) is 12.0. The Bertz CT molecular complexity index is 3310. The number of para-hydroxylation sites is 1. The Hall–Kier alpha value is -8.49. The monoisotopic (exact) mass is 861 g/mol. The summed E-state index contributed by atoms with van der Waals surface area (Å²) in [6, 6.07) is 67.0. The molecule has 0 unspecified atom stereocenters. The van der Waals surface area contributed by atoms with Gasteiger partial charge in [0.15, 0.2) is 11.6 Å². The summed E-state index contributed by atoms with van der Waals surface area (Å²) in [5.41, 5.74) is 9.76. The fraction of sp³-hybridized carbons (Fsp3) is 0.0345. The predicted octanol–water partition coefficient (Wildman–Crippen LogP) is 15.4. The smallest absolute Gasteiger partial charge is 0.308 e. The number of alkyl halides is 3. The summed E-state index contributed by atoms with van der Waals surface area (Å²) >= 11 is 0. The molecule has 0 saturated carbocycles. The minimum absolute atomic E-state index is 0.124. The topological polar surface area (TPSA) is 56.5 Å². The number of halogens is 3. The average molecular weight is 862 g/mol. The third-order valence-electron chi connectivity index (χ3n) is 12.0. The quantitative estimate of drug-likeness (QED) is 0.153. The number of aromatic nitrogens is 5. The number of nitrogens with zero attached hydrogens (tertiary/aromatic N) is 5. The van der Waals surface area contributed by atoms with Gasteiger partial charge in [0.1, 0.15) is 0 Å². The van der Waals surface area contributed by atoms with E-state index in [-0.39, 0.29) is 17.0 Å². The Morgan fingerprint density at radius 2 is 0.833 bits per heavy atom. The molecule has 8 aromatic carbocycles. The molecule has 0 aliphatic rings. The lowest BCUT2D eigenvalue weighted by molar-refractivity contribution is -0.137. The van der Waals surface area contributed by atoms with Crippen molar-refractivity contribution in [2.75, 3.05) is 0 Å². The van der Waals surface area contributed by atoms with Crippen LogP contribution in [-0.4, -0.2) is 24.5 Å². The van der Waals surface area contributed by atoms with Gasteiger partial charge >= 0.3 is 6.18 Å². The van der Waals surface area contributed by atoms with E-state index >= 15 is 13.2 Å². The van der Waals surface area contributed by atoms with E-state index in [0.717, 1.165) is 60.8 Å². The van der Waals surface area contributed by atoms with Gasteiger partial charge in [-0.2, -0.15) is 13.2 Å². The van der Waals surface area contributed by atoms with Gasteiger partial charge in [-0.25, -0.2) is 19.9 Å². The molecule has 3 aromatic heterocycles. The van der Waals surface area contributed by atoms with Gasteiger partial charge in [-0.3, -0.25) is 0 Å². The van der Waals surface area contributed by atoms with Crippen LogP contribution in [0.2, 0.25) is 0 Å². The molecule has 0 radical (unpaired) electrons. The van der Waals surface area contributed by atoms with Crippen molar-refractivity contribution >= 4 is 21.8 Å². The highest BCUT2D eigenvalue weighted by molar-refractivity contribution is 6.11. The summed E-state index contributed by atoms with van der Waals surface area (Å²) in [5.74, 6) is 0.494. The number of rotatable bonds is 8. The highest BCUT2D eigenvalue weighted by atomic mass is 19.4. The Morgan fingerprint density at radius 3 is 1.42 bits per heavy atom. The molecule has 11 aromatic rings. The van der Waals surface area contributed by atoms with Crippen molar-refractivity contribution in [3.63, 3.8) is 0 Å². The van der Waals surface area contributed by atoms with E-state index in [1.54, 1.807) is 6.07 Å². The van der Waals surface area contributed by atoms with Crippen molar-refractivity contribution in [1.29, 1.82) is 0 Å². The lowest BCUT2D eigenvalue weighted by Crippen LogP contribution is -2.11. The fourth-order valence-electron chi connectivity index (χ4n) is 8.82. The van der Waals surface area contributed by atoms with Crippen LogP contribution in [0.5, 0.6) is 0 Å². The van der Waals surface area contributed by atoms with Gasteiger partial charge < -0.3 is 4.57 Å². The number of hydrogen-bond acceptors (Lipinski definition) is 4. The standard InChI is InChI=1S/C58H38F3N5/c1-37-18-14-15-27-44(37)42-30-31-46-45-28-16-17-29-53(45)66(54(46)32-42)55-47(52-36-51(40-23-10-4-11-24-40)62-56(65-52)41-25-12-5-13-26-41)33-43(58(59,60)61)34-48(55)57-63-49(38-19-6-2-7-20-38)35-50(64-57)39-21-8-3-9-22-39/h2-36H,1H3. The zero-order chi connectivity index (χ0) is 44.8. The van der Waals surface area contributed by atoms with Crippen LogP contribution in [0.3, 0.4) is 0 Å². The SMILES string of the molecule is Cc1ccccc1-c1ccc2c3ccccc3n(-c3c(-c4cc(-c5ccccc5)nc(-c5ccccc5)n4)cc(C(F)(F)F)cc3-c3nc(-c4ccccc4)cc(-c4ccccc4)n3)c2c1. The minimum atomic E-state index is -4.77. The van der Waals surface area contributed by atoms with Crippen molar-refractivity contribution < 1.29 is 13.2 Å². The van der Waals surface area contributed by atoms with Crippen LogP contribution in [-0.2, 0) is 6.18 Å². The zero-order valence-electron chi connectivity index (χ0n) is 35.6.